The first-order valence-electron chi connectivity index (χ1n) is 9.95. The van der Waals surface area contributed by atoms with Crippen molar-refractivity contribution in [1.29, 1.82) is 0 Å². The Morgan fingerprint density at radius 2 is 1.81 bits per heavy atom. The van der Waals surface area contributed by atoms with E-state index >= 15 is 0 Å². The van der Waals surface area contributed by atoms with Crippen LogP contribution in [0.4, 0.5) is 17.5 Å². The van der Waals surface area contributed by atoms with Gasteiger partial charge < -0.3 is 5.32 Å². The Morgan fingerprint density at radius 3 is 2.62 bits per heavy atom. The minimum absolute atomic E-state index is 0.280. The summed E-state index contributed by atoms with van der Waals surface area (Å²) in [6.07, 6.45) is 0. The van der Waals surface area contributed by atoms with Crippen LogP contribution in [0.15, 0.2) is 66.0 Å². The zero-order valence-corrected chi connectivity index (χ0v) is 18.2. The van der Waals surface area contributed by atoms with Gasteiger partial charge in [-0.15, -0.1) is 16.4 Å². The molecule has 0 saturated carbocycles. The first-order chi connectivity index (χ1) is 15.5. The highest BCUT2D eigenvalue weighted by molar-refractivity contribution is 7.15. The lowest BCUT2D eigenvalue weighted by Gasteiger charge is -2.10. The number of amides is 1. The van der Waals surface area contributed by atoms with Crippen molar-refractivity contribution in [3.05, 3.63) is 83.1 Å². The lowest BCUT2D eigenvalue weighted by molar-refractivity contribution is 0.102. The minimum Gasteiger partial charge on any atom is -0.340 e. The molecule has 0 aliphatic carbocycles. The van der Waals surface area contributed by atoms with Crippen molar-refractivity contribution in [2.75, 3.05) is 10.6 Å². The first kappa shape index (κ1) is 19.8. The molecule has 5 rings (SSSR count). The van der Waals surface area contributed by atoms with Crippen LogP contribution in [-0.2, 0) is 0 Å². The zero-order chi connectivity index (χ0) is 22.1. The number of aryl methyl sites for hydroxylation is 2. The normalized spacial score (nSPS) is 10.9. The van der Waals surface area contributed by atoms with Crippen LogP contribution in [0, 0.1) is 13.8 Å². The predicted octanol–water partition coefficient (Wildman–Crippen LogP) is 4.86. The van der Waals surface area contributed by atoms with Gasteiger partial charge in [-0.2, -0.15) is 4.98 Å². The summed E-state index contributed by atoms with van der Waals surface area (Å²) in [6.45, 7) is 3.79. The number of thiazole rings is 1. The van der Waals surface area contributed by atoms with Gasteiger partial charge in [0.05, 0.1) is 11.4 Å². The second-order valence-corrected chi connectivity index (χ2v) is 8.06. The molecule has 0 spiro atoms. The number of aromatic nitrogens is 5. The molecule has 1 amide bonds. The first-order valence-corrected chi connectivity index (χ1v) is 10.8. The maximum atomic E-state index is 12.7. The summed E-state index contributed by atoms with van der Waals surface area (Å²) < 4.78 is 1.71. The van der Waals surface area contributed by atoms with Crippen molar-refractivity contribution in [2.24, 2.45) is 0 Å². The Kier molecular flexibility index (Phi) is 5.08. The van der Waals surface area contributed by atoms with E-state index in [2.05, 4.69) is 30.7 Å². The number of benzene rings is 2. The molecule has 5 aromatic rings. The number of fused-ring (bicyclic) bond motifs is 1. The number of nitrogens with zero attached hydrogens (tertiary/aromatic N) is 5. The van der Waals surface area contributed by atoms with E-state index in [1.165, 1.54) is 11.3 Å². The van der Waals surface area contributed by atoms with Gasteiger partial charge in [0.15, 0.2) is 0 Å². The highest BCUT2D eigenvalue weighted by atomic mass is 32.1. The summed E-state index contributed by atoms with van der Waals surface area (Å²) in [5.74, 6) is 1.31. The van der Waals surface area contributed by atoms with E-state index in [1.54, 1.807) is 16.6 Å². The monoisotopic (exact) mass is 441 g/mol. The Balaban J connectivity index is 1.36. The van der Waals surface area contributed by atoms with Crippen molar-refractivity contribution in [3.8, 4) is 11.3 Å². The van der Waals surface area contributed by atoms with Crippen LogP contribution in [0.1, 0.15) is 21.9 Å². The van der Waals surface area contributed by atoms with Crippen LogP contribution in [0.25, 0.3) is 16.2 Å². The number of nitrogens with one attached hydrogen (secondary N) is 2. The molecule has 0 bridgehead atoms. The van der Waals surface area contributed by atoms with Crippen LogP contribution >= 0.6 is 11.3 Å². The van der Waals surface area contributed by atoms with Crippen LogP contribution in [-0.4, -0.2) is 30.5 Å². The molecule has 32 heavy (non-hydrogen) atoms. The molecular formula is C23H19N7OS. The smallest absolute Gasteiger partial charge is 0.258 e. The lowest BCUT2D eigenvalue weighted by Crippen LogP contribution is -2.13. The fourth-order valence-corrected chi connectivity index (χ4v) is 4.09. The number of carbonyl (C=O) groups excluding carboxylic acids is 1. The van der Waals surface area contributed by atoms with Crippen molar-refractivity contribution in [2.45, 2.75) is 13.8 Å². The molecule has 0 atom stereocenters. The summed E-state index contributed by atoms with van der Waals surface area (Å²) in [7, 11) is 0. The van der Waals surface area contributed by atoms with E-state index in [9.17, 15) is 4.79 Å². The predicted molar refractivity (Wildman–Crippen MR) is 125 cm³/mol. The zero-order valence-electron chi connectivity index (χ0n) is 17.4. The van der Waals surface area contributed by atoms with Gasteiger partial charge in [-0.1, -0.05) is 36.4 Å². The molecule has 3 heterocycles. The van der Waals surface area contributed by atoms with E-state index in [-0.39, 0.29) is 11.9 Å². The standard InChI is InChI=1S/C23H19N7OS/c1-14-13-32-23-28-22(29-30(14)23)27-21(31)17-9-6-10-18(11-17)26-20-12-19(24-15(2)25-20)16-7-4-3-5-8-16/h3-13H,1-2H3,(H,24,25,26)(H,27,29,31). The largest absolute Gasteiger partial charge is 0.340 e. The second kappa shape index (κ2) is 8.20. The van der Waals surface area contributed by atoms with E-state index < -0.39 is 0 Å². The van der Waals surface area contributed by atoms with E-state index in [0.717, 1.165) is 27.6 Å². The number of rotatable bonds is 5. The third kappa shape index (κ3) is 4.06. The third-order valence-corrected chi connectivity index (χ3v) is 5.71. The number of hydrogen-bond acceptors (Lipinski definition) is 7. The Morgan fingerprint density at radius 1 is 0.969 bits per heavy atom. The van der Waals surface area contributed by atoms with Crippen molar-refractivity contribution < 1.29 is 4.79 Å². The molecule has 0 aliphatic rings. The Hall–Kier alpha value is -4.11. The topological polar surface area (TPSA) is 97.1 Å². The summed E-state index contributed by atoms with van der Waals surface area (Å²) in [5.41, 5.74) is 4.04. The van der Waals surface area contributed by atoms with E-state index in [0.29, 0.717) is 17.2 Å². The third-order valence-electron chi connectivity index (χ3n) is 4.78. The lowest BCUT2D eigenvalue weighted by atomic mass is 10.1. The molecule has 2 aromatic carbocycles. The maximum absolute atomic E-state index is 12.7. The van der Waals surface area contributed by atoms with Crippen LogP contribution in [0.3, 0.4) is 0 Å². The highest BCUT2D eigenvalue weighted by Crippen LogP contribution is 2.23. The number of carbonyl (C=O) groups is 1. The average Bonchev–Trinajstić information content (AvgIpc) is 3.35. The van der Waals surface area contributed by atoms with Gasteiger partial charge >= 0.3 is 0 Å². The average molecular weight is 442 g/mol. The Labute approximate surface area is 188 Å². The van der Waals surface area contributed by atoms with Gasteiger partial charge in [0.1, 0.15) is 11.6 Å². The quantitative estimate of drug-likeness (QED) is 0.404. The Bertz CT molecular complexity index is 1430. The van der Waals surface area contributed by atoms with Crippen LogP contribution in [0.5, 0.6) is 0 Å². The summed E-state index contributed by atoms with van der Waals surface area (Å²) >= 11 is 1.48. The molecule has 0 unspecified atom stereocenters. The molecule has 2 N–H and O–H groups in total. The fraction of sp³-hybridized carbons (Fsp3) is 0.0870. The summed E-state index contributed by atoms with van der Waals surface area (Å²) in [5, 5.41) is 12.3. The molecule has 0 aliphatic heterocycles. The molecule has 3 aromatic heterocycles. The second-order valence-electron chi connectivity index (χ2n) is 7.22. The molecule has 8 nitrogen and oxygen atoms in total. The van der Waals surface area contributed by atoms with Gasteiger partial charge in [-0.3, -0.25) is 10.1 Å². The van der Waals surface area contributed by atoms with E-state index in [4.69, 9.17) is 0 Å². The highest BCUT2D eigenvalue weighted by Gasteiger charge is 2.13. The maximum Gasteiger partial charge on any atom is 0.258 e. The van der Waals surface area contributed by atoms with Crippen molar-refractivity contribution in [3.63, 3.8) is 0 Å². The van der Waals surface area contributed by atoms with Crippen LogP contribution in [0.2, 0.25) is 0 Å². The van der Waals surface area contributed by atoms with Gasteiger partial charge in [0.2, 0.25) is 4.96 Å². The molecule has 0 saturated heterocycles. The number of hydrogen-bond donors (Lipinski definition) is 2. The van der Waals surface area contributed by atoms with Crippen molar-refractivity contribution >= 4 is 39.7 Å². The molecule has 9 heteroatoms. The summed E-state index contributed by atoms with van der Waals surface area (Å²) in [6, 6.07) is 19.0. The number of anilines is 3. The summed E-state index contributed by atoms with van der Waals surface area (Å²) in [4.78, 5) is 26.8. The van der Waals surface area contributed by atoms with Gasteiger partial charge in [0.25, 0.3) is 11.9 Å². The van der Waals surface area contributed by atoms with Crippen molar-refractivity contribution in [1.82, 2.24) is 24.6 Å². The molecule has 158 valence electrons. The van der Waals surface area contributed by atoms with Gasteiger partial charge in [-0.25, -0.2) is 14.5 Å². The molecule has 0 fully saturated rings. The van der Waals surface area contributed by atoms with E-state index in [1.807, 2.05) is 67.8 Å². The molecular weight excluding hydrogens is 422 g/mol. The van der Waals surface area contributed by atoms with Crippen LogP contribution < -0.4 is 10.6 Å². The minimum atomic E-state index is -0.284. The molecule has 0 radical (unpaired) electrons. The SMILES string of the molecule is Cc1nc(Nc2cccc(C(=O)Nc3nc4scc(C)n4n3)c2)cc(-c2ccccc2)n1. The fourth-order valence-electron chi connectivity index (χ4n) is 3.29. The van der Waals surface area contributed by atoms with Gasteiger partial charge in [0, 0.05) is 28.3 Å². The van der Waals surface area contributed by atoms with Gasteiger partial charge in [-0.05, 0) is 32.0 Å².